The molecule has 0 aromatic heterocycles. The summed E-state index contributed by atoms with van der Waals surface area (Å²) in [6, 6.07) is 9.32. The lowest BCUT2D eigenvalue weighted by atomic mass is 10.0. The topological polar surface area (TPSA) is 0 Å². The molecule has 0 nitrogen and oxygen atoms in total. The molecule has 0 aliphatic rings. The third kappa shape index (κ3) is 2.57. The van der Waals surface area contributed by atoms with Crippen molar-refractivity contribution in [2.45, 2.75) is 58.7 Å². The van der Waals surface area contributed by atoms with Crippen LogP contribution in [0.15, 0.2) is 24.3 Å². The van der Waals surface area contributed by atoms with Crippen molar-refractivity contribution >= 4 is 13.3 Å². The first-order valence-electron chi connectivity index (χ1n) is 6.26. The summed E-state index contributed by atoms with van der Waals surface area (Å²) < 4.78 is 0. The molecule has 1 rings (SSSR count). The van der Waals surface area contributed by atoms with Crippen molar-refractivity contribution in [1.29, 1.82) is 0 Å². The quantitative estimate of drug-likeness (QED) is 0.660. The molecule has 90 valence electrons. The standard InChI is InChI=1S/C15H26Si/c1-12(2)13-8-10-14(11-9-13)16(6,7)15(3,4)5/h8-12H,1-7H3. The third-order valence-electron chi connectivity index (χ3n) is 4.17. The predicted molar refractivity (Wildman–Crippen MR) is 77.4 cm³/mol. The molecular weight excluding hydrogens is 208 g/mol. The van der Waals surface area contributed by atoms with E-state index in [9.17, 15) is 0 Å². The summed E-state index contributed by atoms with van der Waals surface area (Å²) in [5.41, 5.74) is 1.45. The fourth-order valence-corrected chi connectivity index (χ4v) is 3.58. The summed E-state index contributed by atoms with van der Waals surface area (Å²) in [6.45, 7) is 16.6. The van der Waals surface area contributed by atoms with Crippen molar-refractivity contribution in [1.82, 2.24) is 0 Å². The monoisotopic (exact) mass is 234 g/mol. The molecule has 0 aliphatic carbocycles. The maximum Gasteiger partial charge on any atom is 0.0859 e. The molecule has 1 aromatic rings. The molecule has 0 spiro atoms. The van der Waals surface area contributed by atoms with Crippen molar-refractivity contribution in [2.75, 3.05) is 0 Å². The van der Waals surface area contributed by atoms with Gasteiger partial charge in [0, 0.05) is 0 Å². The maximum atomic E-state index is 2.47. The fourth-order valence-electron chi connectivity index (χ4n) is 1.72. The van der Waals surface area contributed by atoms with Gasteiger partial charge in [-0.05, 0) is 16.5 Å². The predicted octanol–water partition coefficient (Wildman–Crippen LogP) is 4.53. The minimum absolute atomic E-state index is 0.423. The maximum absolute atomic E-state index is 2.47. The Morgan fingerprint density at radius 1 is 0.938 bits per heavy atom. The Hall–Kier alpha value is -0.563. The fraction of sp³-hybridized carbons (Fsp3) is 0.600. The van der Waals surface area contributed by atoms with E-state index in [4.69, 9.17) is 0 Å². The zero-order valence-corrected chi connectivity index (χ0v) is 12.9. The van der Waals surface area contributed by atoms with Gasteiger partial charge in [-0.2, -0.15) is 0 Å². The van der Waals surface area contributed by atoms with E-state index in [0.717, 1.165) is 0 Å². The molecular formula is C15H26Si. The van der Waals surface area contributed by atoms with E-state index < -0.39 is 8.07 Å². The van der Waals surface area contributed by atoms with Gasteiger partial charge in [-0.25, -0.2) is 0 Å². The average molecular weight is 234 g/mol. The molecule has 1 heteroatoms. The smallest absolute Gasteiger partial charge is 0.0651 e. The van der Waals surface area contributed by atoms with Gasteiger partial charge in [-0.3, -0.25) is 0 Å². The molecule has 0 amide bonds. The van der Waals surface area contributed by atoms with Gasteiger partial charge in [0.1, 0.15) is 0 Å². The van der Waals surface area contributed by atoms with Crippen LogP contribution in [0.1, 0.15) is 46.1 Å². The van der Waals surface area contributed by atoms with Gasteiger partial charge in [-0.15, -0.1) is 0 Å². The summed E-state index contributed by atoms with van der Waals surface area (Å²) in [7, 11) is -1.34. The highest BCUT2D eigenvalue weighted by molar-refractivity contribution is 6.92. The van der Waals surface area contributed by atoms with Crippen molar-refractivity contribution in [3.05, 3.63) is 29.8 Å². The summed E-state index contributed by atoms with van der Waals surface area (Å²) in [4.78, 5) is 0. The third-order valence-corrected chi connectivity index (χ3v) is 9.70. The number of rotatable bonds is 2. The normalized spacial score (nSPS) is 13.2. The second kappa shape index (κ2) is 4.36. The molecule has 0 atom stereocenters. The van der Waals surface area contributed by atoms with Crippen LogP contribution >= 0.6 is 0 Å². The molecule has 0 saturated heterocycles. The van der Waals surface area contributed by atoms with E-state index in [2.05, 4.69) is 72.0 Å². The van der Waals surface area contributed by atoms with Crippen LogP contribution in [0.3, 0.4) is 0 Å². The van der Waals surface area contributed by atoms with E-state index in [0.29, 0.717) is 11.0 Å². The van der Waals surface area contributed by atoms with Crippen LogP contribution in [0.4, 0.5) is 0 Å². The minimum atomic E-state index is -1.34. The molecule has 0 heterocycles. The average Bonchev–Trinajstić information content (AvgIpc) is 2.16. The van der Waals surface area contributed by atoms with E-state index in [1.54, 1.807) is 5.19 Å². The van der Waals surface area contributed by atoms with E-state index in [-0.39, 0.29) is 0 Å². The van der Waals surface area contributed by atoms with E-state index in [1.807, 2.05) is 0 Å². The number of hydrogen-bond acceptors (Lipinski definition) is 0. The Labute approximate surface area is 102 Å². The van der Waals surface area contributed by atoms with Gasteiger partial charge >= 0.3 is 0 Å². The summed E-state index contributed by atoms with van der Waals surface area (Å²) in [6.07, 6.45) is 0. The summed E-state index contributed by atoms with van der Waals surface area (Å²) >= 11 is 0. The highest BCUT2D eigenvalue weighted by Gasteiger charge is 2.36. The van der Waals surface area contributed by atoms with Crippen LogP contribution in [0.5, 0.6) is 0 Å². The number of hydrogen-bond donors (Lipinski definition) is 0. The van der Waals surface area contributed by atoms with Crippen LogP contribution in [0.25, 0.3) is 0 Å². The van der Waals surface area contributed by atoms with Gasteiger partial charge in [0.2, 0.25) is 0 Å². The Bertz CT molecular complexity index is 339. The molecule has 0 N–H and O–H groups in total. The van der Waals surface area contributed by atoms with Crippen LogP contribution in [-0.2, 0) is 0 Å². The van der Waals surface area contributed by atoms with Gasteiger partial charge in [0.15, 0.2) is 0 Å². The molecule has 0 bridgehead atoms. The first kappa shape index (κ1) is 13.5. The molecule has 0 fully saturated rings. The first-order chi connectivity index (χ1) is 7.16. The Morgan fingerprint density at radius 3 is 1.69 bits per heavy atom. The SMILES string of the molecule is CC(C)c1ccc([Si](C)(C)C(C)(C)C)cc1. The Kier molecular flexibility index (Phi) is 3.68. The van der Waals surface area contributed by atoms with Crippen LogP contribution in [0.2, 0.25) is 18.1 Å². The van der Waals surface area contributed by atoms with Gasteiger partial charge in [0.05, 0.1) is 8.07 Å². The minimum Gasteiger partial charge on any atom is -0.0651 e. The lowest BCUT2D eigenvalue weighted by molar-refractivity contribution is 0.729. The van der Waals surface area contributed by atoms with Gasteiger partial charge < -0.3 is 0 Å². The van der Waals surface area contributed by atoms with Crippen molar-refractivity contribution < 1.29 is 0 Å². The summed E-state index contributed by atoms with van der Waals surface area (Å²) in [5, 5.41) is 2.00. The van der Waals surface area contributed by atoms with Crippen LogP contribution in [-0.4, -0.2) is 8.07 Å². The molecule has 0 aliphatic heterocycles. The molecule has 0 unspecified atom stereocenters. The van der Waals surface area contributed by atoms with Crippen molar-refractivity contribution in [3.63, 3.8) is 0 Å². The lowest BCUT2D eigenvalue weighted by Crippen LogP contribution is -2.49. The zero-order chi connectivity index (χ0) is 12.6. The first-order valence-corrected chi connectivity index (χ1v) is 9.26. The second-order valence-electron chi connectivity index (χ2n) is 6.65. The molecule has 0 saturated carbocycles. The highest BCUT2D eigenvalue weighted by atomic mass is 28.3. The Balaban J connectivity index is 3.07. The van der Waals surface area contributed by atoms with Gasteiger partial charge in [-0.1, -0.05) is 77.2 Å². The van der Waals surface area contributed by atoms with E-state index in [1.165, 1.54) is 5.56 Å². The highest BCUT2D eigenvalue weighted by Crippen LogP contribution is 2.35. The van der Waals surface area contributed by atoms with Gasteiger partial charge in [0.25, 0.3) is 0 Å². The lowest BCUT2D eigenvalue weighted by Gasteiger charge is -2.37. The van der Waals surface area contributed by atoms with Crippen molar-refractivity contribution in [3.8, 4) is 0 Å². The zero-order valence-electron chi connectivity index (χ0n) is 11.9. The molecule has 16 heavy (non-hydrogen) atoms. The van der Waals surface area contributed by atoms with E-state index >= 15 is 0 Å². The Morgan fingerprint density at radius 2 is 1.38 bits per heavy atom. The summed E-state index contributed by atoms with van der Waals surface area (Å²) in [5.74, 6) is 0.633. The molecule has 0 radical (unpaired) electrons. The van der Waals surface area contributed by atoms with Crippen molar-refractivity contribution in [2.24, 2.45) is 0 Å². The van der Waals surface area contributed by atoms with Crippen LogP contribution < -0.4 is 5.19 Å². The second-order valence-corrected chi connectivity index (χ2v) is 12.0. The largest absolute Gasteiger partial charge is 0.0859 e. The number of benzene rings is 1. The van der Waals surface area contributed by atoms with Crippen LogP contribution in [0, 0.1) is 0 Å². The molecule has 1 aromatic carbocycles.